The minimum absolute atomic E-state index is 0.125. The van der Waals surface area contributed by atoms with Crippen molar-refractivity contribution in [2.45, 2.75) is 0 Å². The molecule has 22 heavy (non-hydrogen) atoms. The first-order chi connectivity index (χ1) is 10.6. The Kier molecular flexibility index (Phi) is 4.88. The van der Waals surface area contributed by atoms with Gasteiger partial charge < -0.3 is 10.2 Å². The van der Waals surface area contributed by atoms with Gasteiger partial charge in [0.15, 0.2) is 5.78 Å². The van der Waals surface area contributed by atoms with Gasteiger partial charge in [-0.2, -0.15) is 0 Å². The second kappa shape index (κ2) is 7.04. The zero-order valence-corrected chi connectivity index (χ0v) is 11.6. The number of carboxylic acids is 1. The lowest BCUT2D eigenvalue weighted by Gasteiger charge is -2.02. The molecule has 2 rings (SSSR count). The average Bonchev–Trinajstić information content (AvgIpc) is 2.52. The largest absolute Gasteiger partial charge is 0.507 e. The van der Waals surface area contributed by atoms with Crippen molar-refractivity contribution in [2.24, 2.45) is 0 Å². The minimum Gasteiger partial charge on any atom is -0.507 e. The molecule has 0 atom stereocenters. The predicted molar refractivity (Wildman–Crippen MR) is 84.6 cm³/mol. The molecule has 0 bridgehead atoms. The molecule has 4 nitrogen and oxygen atoms in total. The molecule has 0 aliphatic carbocycles. The van der Waals surface area contributed by atoms with Crippen LogP contribution in [0.3, 0.4) is 0 Å². The van der Waals surface area contributed by atoms with E-state index < -0.39 is 5.97 Å². The molecule has 110 valence electrons. The SMILES string of the molecule is O=C(O)C=Cc1ccc(O)c(C(=O)C=Cc2ccccc2)c1. The Morgan fingerprint density at radius 1 is 0.864 bits per heavy atom. The molecular formula is C18H14O4. The number of carbonyl (C=O) groups excluding carboxylic acids is 1. The maximum absolute atomic E-state index is 12.1. The van der Waals surface area contributed by atoms with Gasteiger partial charge in [0.05, 0.1) is 5.56 Å². The zero-order chi connectivity index (χ0) is 15.9. The van der Waals surface area contributed by atoms with Crippen molar-refractivity contribution in [2.75, 3.05) is 0 Å². The number of hydrogen-bond acceptors (Lipinski definition) is 3. The molecule has 4 heteroatoms. The van der Waals surface area contributed by atoms with Crippen LogP contribution in [-0.2, 0) is 4.79 Å². The third-order valence-electron chi connectivity index (χ3n) is 2.93. The zero-order valence-electron chi connectivity index (χ0n) is 11.6. The van der Waals surface area contributed by atoms with Crippen LogP contribution in [0.25, 0.3) is 12.2 Å². The lowest BCUT2D eigenvalue weighted by Crippen LogP contribution is -1.96. The van der Waals surface area contributed by atoms with E-state index in [1.807, 2.05) is 30.3 Å². The lowest BCUT2D eigenvalue weighted by molar-refractivity contribution is -0.131. The first kappa shape index (κ1) is 15.3. The molecule has 0 aliphatic rings. The summed E-state index contributed by atoms with van der Waals surface area (Å²) in [5, 5.41) is 18.4. The molecule has 0 heterocycles. The molecule has 0 saturated heterocycles. The maximum Gasteiger partial charge on any atom is 0.328 e. The van der Waals surface area contributed by atoms with Crippen molar-refractivity contribution in [3.63, 3.8) is 0 Å². The second-order valence-corrected chi connectivity index (χ2v) is 4.56. The van der Waals surface area contributed by atoms with Gasteiger partial charge in [-0.1, -0.05) is 42.5 Å². The van der Waals surface area contributed by atoms with E-state index in [1.54, 1.807) is 6.08 Å². The summed E-state index contributed by atoms with van der Waals surface area (Å²) in [5.74, 6) is -1.58. The van der Waals surface area contributed by atoms with Gasteiger partial charge in [-0.15, -0.1) is 0 Å². The molecule has 0 aliphatic heterocycles. The quantitative estimate of drug-likeness (QED) is 0.655. The van der Waals surface area contributed by atoms with Gasteiger partial charge >= 0.3 is 5.97 Å². The number of benzene rings is 2. The number of ketones is 1. The molecule has 0 aromatic heterocycles. The summed E-state index contributed by atoms with van der Waals surface area (Å²) in [4.78, 5) is 22.6. The highest BCUT2D eigenvalue weighted by molar-refractivity contribution is 6.09. The van der Waals surface area contributed by atoms with Gasteiger partial charge in [-0.05, 0) is 35.4 Å². The number of hydrogen-bond donors (Lipinski definition) is 2. The van der Waals surface area contributed by atoms with Crippen molar-refractivity contribution in [3.8, 4) is 5.75 Å². The van der Waals surface area contributed by atoms with Crippen molar-refractivity contribution in [1.29, 1.82) is 0 Å². The molecule has 0 amide bonds. The lowest BCUT2D eigenvalue weighted by atomic mass is 10.0. The minimum atomic E-state index is -1.08. The fraction of sp³-hybridized carbons (Fsp3) is 0. The average molecular weight is 294 g/mol. The molecule has 2 aromatic rings. The molecule has 0 saturated carbocycles. The van der Waals surface area contributed by atoms with Crippen molar-refractivity contribution >= 4 is 23.9 Å². The van der Waals surface area contributed by atoms with Crippen LogP contribution < -0.4 is 0 Å². The number of phenols is 1. The van der Waals surface area contributed by atoms with Gasteiger partial charge in [-0.3, -0.25) is 4.79 Å². The van der Waals surface area contributed by atoms with E-state index in [-0.39, 0.29) is 17.1 Å². The van der Waals surface area contributed by atoms with Crippen molar-refractivity contribution in [3.05, 3.63) is 77.4 Å². The monoisotopic (exact) mass is 294 g/mol. The first-order valence-electron chi connectivity index (χ1n) is 6.58. The van der Waals surface area contributed by atoms with E-state index in [1.165, 1.54) is 30.4 Å². The van der Waals surface area contributed by atoms with Crippen molar-refractivity contribution in [1.82, 2.24) is 0 Å². The van der Waals surface area contributed by atoms with Gasteiger partial charge in [0.25, 0.3) is 0 Å². The third kappa shape index (κ3) is 4.18. The van der Waals surface area contributed by atoms with Crippen molar-refractivity contribution < 1.29 is 19.8 Å². The van der Waals surface area contributed by atoms with Crippen LogP contribution in [0.4, 0.5) is 0 Å². The summed E-state index contributed by atoms with van der Waals surface area (Å²) in [5.41, 5.74) is 1.52. The Hall–Kier alpha value is -3.14. The number of phenolic OH excluding ortho intramolecular Hbond substituents is 1. The standard InChI is InChI=1S/C18H14O4/c19-16(9-6-13-4-2-1-3-5-13)15-12-14(7-10-17(15)20)8-11-18(21)22/h1-12,20H,(H,21,22). The van der Waals surface area contributed by atoms with Crippen LogP contribution in [0.5, 0.6) is 5.75 Å². The molecule has 0 unspecified atom stereocenters. The molecule has 0 radical (unpaired) electrons. The van der Waals surface area contributed by atoms with Gasteiger partial charge in [-0.25, -0.2) is 4.79 Å². The molecule has 2 N–H and O–H groups in total. The summed E-state index contributed by atoms with van der Waals surface area (Å²) in [6, 6.07) is 13.7. The second-order valence-electron chi connectivity index (χ2n) is 4.56. The number of carbonyl (C=O) groups is 2. The topological polar surface area (TPSA) is 74.6 Å². The summed E-state index contributed by atoms with van der Waals surface area (Å²) >= 11 is 0. The van der Waals surface area contributed by atoms with Crippen LogP contribution in [0.15, 0.2) is 60.7 Å². The normalized spacial score (nSPS) is 11.1. The van der Waals surface area contributed by atoms with E-state index in [9.17, 15) is 14.7 Å². The summed E-state index contributed by atoms with van der Waals surface area (Å²) in [7, 11) is 0. The molecular weight excluding hydrogens is 280 g/mol. The van der Waals surface area contributed by atoms with Gasteiger partial charge in [0.2, 0.25) is 0 Å². The van der Waals surface area contributed by atoms with Crippen LogP contribution >= 0.6 is 0 Å². The highest BCUT2D eigenvalue weighted by Gasteiger charge is 2.08. The number of carboxylic acid groups (broad SMARTS) is 1. The predicted octanol–water partition coefficient (Wildman–Crippen LogP) is 3.39. The van der Waals surface area contributed by atoms with E-state index in [0.29, 0.717) is 5.56 Å². The van der Waals surface area contributed by atoms with Gasteiger partial charge in [0, 0.05) is 6.08 Å². The number of rotatable bonds is 5. The highest BCUT2D eigenvalue weighted by Crippen LogP contribution is 2.20. The highest BCUT2D eigenvalue weighted by atomic mass is 16.4. The summed E-state index contributed by atoms with van der Waals surface area (Å²) < 4.78 is 0. The number of allylic oxidation sites excluding steroid dienone is 1. The van der Waals surface area contributed by atoms with E-state index in [2.05, 4.69) is 0 Å². The first-order valence-corrected chi connectivity index (χ1v) is 6.58. The fourth-order valence-electron chi connectivity index (χ4n) is 1.85. The fourth-order valence-corrected chi connectivity index (χ4v) is 1.85. The molecule has 0 spiro atoms. The van der Waals surface area contributed by atoms with E-state index in [4.69, 9.17) is 5.11 Å². The maximum atomic E-state index is 12.1. The van der Waals surface area contributed by atoms with Crippen LogP contribution in [0.2, 0.25) is 0 Å². The van der Waals surface area contributed by atoms with E-state index >= 15 is 0 Å². The Bertz CT molecular complexity index is 743. The smallest absolute Gasteiger partial charge is 0.328 e. The Morgan fingerprint density at radius 3 is 2.23 bits per heavy atom. The Morgan fingerprint density at radius 2 is 1.55 bits per heavy atom. The van der Waals surface area contributed by atoms with Gasteiger partial charge in [0.1, 0.15) is 5.75 Å². The Balaban J connectivity index is 2.23. The van der Waals surface area contributed by atoms with Crippen LogP contribution in [0.1, 0.15) is 21.5 Å². The van der Waals surface area contributed by atoms with Crippen LogP contribution in [-0.4, -0.2) is 22.0 Å². The summed E-state index contributed by atoms with van der Waals surface area (Å²) in [6.45, 7) is 0. The third-order valence-corrected chi connectivity index (χ3v) is 2.93. The Labute approximate surface area is 127 Å². The van der Waals surface area contributed by atoms with Crippen LogP contribution in [0, 0.1) is 0 Å². The molecule has 0 fully saturated rings. The molecule has 2 aromatic carbocycles. The number of aromatic hydroxyl groups is 1. The van der Waals surface area contributed by atoms with E-state index in [0.717, 1.165) is 11.6 Å². The summed E-state index contributed by atoms with van der Waals surface area (Å²) in [6.07, 6.45) is 5.36. The number of aliphatic carboxylic acids is 1.